The number of anilines is 1. The molecule has 1 fully saturated rings. The molecule has 0 aromatic heterocycles. The molecule has 1 saturated carbocycles. The van der Waals surface area contributed by atoms with Crippen LogP contribution in [0.15, 0.2) is 29.3 Å². The predicted octanol–water partition coefficient (Wildman–Crippen LogP) is 2.22. The van der Waals surface area contributed by atoms with Gasteiger partial charge in [-0.05, 0) is 30.9 Å². The van der Waals surface area contributed by atoms with Gasteiger partial charge in [-0.3, -0.25) is 0 Å². The number of hydrogen-bond acceptors (Lipinski definition) is 2. The minimum Gasteiger partial charge on any atom is -0.497 e. The van der Waals surface area contributed by atoms with E-state index < -0.39 is 0 Å². The van der Waals surface area contributed by atoms with Gasteiger partial charge in [-0.15, -0.1) is 0 Å². The molecule has 0 amide bonds. The zero-order valence-electron chi connectivity index (χ0n) is 10.3. The average Bonchev–Trinajstić information content (AvgIpc) is 2.34. The van der Waals surface area contributed by atoms with E-state index in [0.29, 0.717) is 17.9 Å². The number of benzene rings is 1. The van der Waals surface area contributed by atoms with Crippen LogP contribution in [0.5, 0.6) is 5.75 Å². The highest BCUT2D eigenvalue weighted by molar-refractivity contribution is 5.92. The highest BCUT2D eigenvalue weighted by Crippen LogP contribution is 2.29. The van der Waals surface area contributed by atoms with Crippen LogP contribution < -0.4 is 15.8 Å². The van der Waals surface area contributed by atoms with Crippen molar-refractivity contribution in [2.75, 3.05) is 12.4 Å². The van der Waals surface area contributed by atoms with E-state index >= 15 is 0 Å². The van der Waals surface area contributed by atoms with Crippen molar-refractivity contribution in [3.8, 4) is 5.75 Å². The first-order valence-electron chi connectivity index (χ1n) is 5.93. The van der Waals surface area contributed by atoms with E-state index in [1.165, 1.54) is 6.42 Å². The Labute approximate surface area is 102 Å². The normalized spacial score (nSPS) is 24.0. The van der Waals surface area contributed by atoms with Crippen molar-refractivity contribution in [2.45, 2.75) is 25.8 Å². The fraction of sp³-hybridized carbons (Fsp3) is 0.462. The lowest BCUT2D eigenvalue weighted by molar-refractivity contribution is 0.284. The van der Waals surface area contributed by atoms with E-state index in [2.05, 4.69) is 17.2 Å². The third kappa shape index (κ3) is 2.90. The number of aliphatic imine (C=N–C) groups is 1. The maximum Gasteiger partial charge on any atom is 0.193 e. The first-order chi connectivity index (χ1) is 8.19. The van der Waals surface area contributed by atoms with Crippen LogP contribution in [0, 0.1) is 5.92 Å². The van der Waals surface area contributed by atoms with Crippen LogP contribution in [0.1, 0.15) is 19.8 Å². The van der Waals surface area contributed by atoms with Gasteiger partial charge in [-0.2, -0.15) is 0 Å². The van der Waals surface area contributed by atoms with Crippen molar-refractivity contribution in [3.05, 3.63) is 24.3 Å². The zero-order valence-corrected chi connectivity index (χ0v) is 10.3. The van der Waals surface area contributed by atoms with Gasteiger partial charge in [0.25, 0.3) is 0 Å². The minimum atomic E-state index is 0.383. The second-order valence-corrected chi connectivity index (χ2v) is 4.49. The Morgan fingerprint density at radius 2 is 2.29 bits per heavy atom. The maximum atomic E-state index is 5.87. The van der Waals surface area contributed by atoms with Crippen molar-refractivity contribution < 1.29 is 4.74 Å². The van der Waals surface area contributed by atoms with Gasteiger partial charge >= 0.3 is 0 Å². The minimum absolute atomic E-state index is 0.383. The standard InChI is InChI=1S/C13H19N3O/c1-9-6-7-12(9)16-13(14)15-10-4-3-5-11(8-10)17-2/h3-5,8-9,12H,6-7H2,1-2H3,(H3,14,15,16). The number of rotatable bonds is 3. The zero-order chi connectivity index (χ0) is 12.3. The Morgan fingerprint density at radius 1 is 1.47 bits per heavy atom. The van der Waals surface area contributed by atoms with Crippen molar-refractivity contribution in [3.63, 3.8) is 0 Å². The summed E-state index contributed by atoms with van der Waals surface area (Å²) in [5, 5.41) is 3.08. The van der Waals surface area contributed by atoms with Crippen LogP contribution in [0.25, 0.3) is 0 Å². The van der Waals surface area contributed by atoms with Gasteiger partial charge in [0.05, 0.1) is 13.2 Å². The Hall–Kier alpha value is -1.71. The Balaban J connectivity index is 1.99. The second kappa shape index (κ2) is 5.08. The fourth-order valence-electron chi connectivity index (χ4n) is 1.90. The molecule has 0 bridgehead atoms. The lowest BCUT2D eigenvalue weighted by Crippen LogP contribution is -2.32. The summed E-state index contributed by atoms with van der Waals surface area (Å²) in [6, 6.07) is 8.03. The van der Waals surface area contributed by atoms with E-state index in [4.69, 9.17) is 10.5 Å². The van der Waals surface area contributed by atoms with E-state index in [1.807, 2.05) is 24.3 Å². The van der Waals surface area contributed by atoms with Crippen molar-refractivity contribution in [1.29, 1.82) is 0 Å². The van der Waals surface area contributed by atoms with Crippen LogP contribution >= 0.6 is 0 Å². The Kier molecular flexibility index (Phi) is 3.52. The molecular weight excluding hydrogens is 214 g/mol. The monoisotopic (exact) mass is 233 g/mol. The van der Waals surface area contributed by atoms with E-state index in [-0.39, 0.29) is 0 Å². The van der Waals surface area contributed by atoms with Crippen LogP contribution in [-0.4, -0.2) is 19.1 Å². The second-order valence-electron chi connectivity index (χ2n) is 4.49. The molecule has 2 unspecified atom stereocenters. The highest BCUT2D eigenvalue weighted by Gasteiger charge is 2.26. The SMILES string of the molecule is COc1cccc(NC(N)=NC2CCC2C)c1. The van der Waals surface area contributed by atoms with Gasteiger partial charge < -0.3 is 15.8 Å². The topological polar surface area (TPSA) is 59.6 Å². The quantitative estimate of drug-likeness (QED) is 0.621. The number of nitrogens with one attached hydrogen (secondary N) is 1. The summed E-state index contributed by atoms with van der Waals surface area (Å²) in [4.78, 5) is 4.46. The summed E-state index contributed by atoms with van der Waals surface area (Å²) in [7, 11) is 1.65. The molecule has 3 N–H and O–H groups in total. The molecule has 0 radical (unpaired) electrons. The number of nitrogens with zero attached hydrogens (tertiary/aromatic N) is 1. The lowest BCUT2D eigenvalue weighted by Gasteiger charge is -2.30. The largest absolute Gasteiger partial charge is 0.497 e. The molecule has 4 nitrogen and oxygen atoms in total. The molecule has 1 aliphatic rings. The Morgan fingerprint density at radius 3 is 2.88 bits per heavy atom. The fourth-order valence-corrected chi connectivity index (χ4v) is 1.90. The molecule has 92 valence electrons. The van der Waals surface area contributed by atoms with Gasteiger partial charge in [-0.25, -0.2) is 4.99 Å². The molecule has 2 rings (SSSR count). The van der Waals surface area contributed by atoms with E-state index in [9.17, 15) is 0 Å². The van der Waals surface area contributed by atoms with Gasteiger partial charge in [0, 0.05) is 11.8 Å². The number of guanidine groups is 1. The third-order valence-corrected chi connectivity index (χ3v) is 3.22. The van der Waals surface area contributed by atoms with Gasteiger partial charge in [-0.1, -0.05) is 13.0 Å². The number of nitrogens with two attached hydrogens (primary N) is 1. The molecular formula is C13H19N3O. The molecule has 17 heavy (non-hydrogen) atoms. The van der Waals surface area contributed by atoms with Crippen LogP contribution in [0.3, 0.4) is 0 Å². The first-order valence-corrected chi connectivity index (χ1v) is 5.93. The molecule has 0 aliphatic heterocycles. The maximum absolute atomic E-state index is 5.87. The van der Waals surface area contributed by atoms with E-state index in [0.717, 1.165) is 17.9 Å². The summed E-state index contributed by atoms with van der Waals surface area (Å²) in [5.74, 6) is 1.94. The summed E-state index contributed by atoms with van der Waals surface area (Å²) in [6.45, 7) is 2.20. The molecule has 1 aromatic carbocycles. The molecule has 2 atom stereocenters. The van der Waals surface area contributed by atoms with Crippen LogP contribution in [-0.2, 0) is 0 Å². The van der Waals surface area contributed by atoms with Crippen molar-refractivity contribution in [1.82, 2.24) is 0 Å². The molecule has 0 saturated heterocycles. The third-order valence-electron chi connectivity index (χ3n) is 3.22. The lowest BCUT2D eigenvalue weighted by atomic mass is 9.82. The number of methoxy groups -OCH3 is 1. The number of hydrogen-bond donors (Lipinski definition) is 2. The van der Waals surface area contributed by atoms with Crippen molar-refractivity contribution >= 4 is 11.6 Å². The molecule has 0 spiro atoms. The van der Waals surface area contributed by atoms with Crippen LogP contribution in [0.4, 0.5) is 5.69 Å². The smallest absolute Gasteiger partial charge is 0.193 e. The summed E-state index contributed by atoms with van der Waals surface area (Å²) in [5.41, 5.74) is 6.77. The summed E-state index contributed by atoms with van der Waals surface area (Å²) in [6.07, 6.45) is 2.39. The molecule has 1 aromatic rings. The van der Waals surface area contributed by atoms with E-state index in [1.54, 1.807) is 7.11 Å². The predicted molar refractivity (Wildman–Crippen MR) is 70.4 cm³/mol. The van der Waals surface area contributed by atoms with Gasteiger partial charge in [0.15, 0.2) is 5.96 Å². The first kappa shape index (κ1) is 11.8. The highest BCUT2D eigenvalue weighted by atomic mass is 16.5. The van der Waals surface area contributed by atoms with Gasteiger partial charge in [0.2, 0.25) is 0 Å². The molecule has 1 aliphatic carbocycles. The molecule has 4 heteroatoms. The summed E-state index contributed by atoms with van der Waals surface area (Å²) < 4.78 is 5.15. The number of ether oxygens (including phenoxy) is 1. The summed E-state index contributed by atoms with van der Waals surface area (Å²) >= 11 is 0. The Bertz CT molecular complexity index is 417. The van der Waals surface area contributed by atoms with Gasteiger partial charge in [0.1, 0.15) is 5.75 Å². The average molecular weight is 233 g/mol. The molecule has 0 heterocycles. The van der Waals surface area contributed by atoms with Crippen molar-refractivity contribution in [2.24, 2.45) is 16.6 Å². The van der Waals surface area contributed by atoms with Crippen LogP contribution in [0.2, 0.25) is 0 Å².